The van der Waals surface area contributed by atoms with Gasteiger partial charge in [-0.3, -0.25) is 0 Å². The lowest BCUT2D eigenvalue weighted by Gasteiger charge is -2.19. The van der Waals surface area contributed by atoms with Gasteiger partial charge in [-0.15, -0.1) is 0 Å². The summed E-state index contributed by atoms with van der Waals surface area (Å²) in [5, 5.41) is 19.3. The highest BCUT2D eigenvalue weighted by atomic mass is 35.5. The molecule has 1 atom stereocenters. The maximum atomic E-state index is 9.91. The quantitative estimate of drug-likeness (QED) is 0.940. The summed E-state index contributed by atoms with van der Waals surface area (Å²) in [6.07, 6.45) is 0.897. The molecule has 0 spiro atoms. The molecule has 1 heterocycles. The van der Waals surface area contributed by atoms with Gasteiger partial charge in [0.1, 0.15) is 17.5 Å². The molecular formula is C16H15ClN2O2. The zero-order chi connectivity index (χ0) is 15.6. The Labute approximate surface area is 128 Å². The van der Waals surface area contributed by atoms with Crippen LogP contribution in [0.3, 0.4) is 0 Å². The van der Waals surface area contributed by atoms with Crippen LogP contribution in [-0.4, -0.2) is 17.2 Å². The van der Waals surface area contributed by atoms with Gasteiger partial charge in [0.2, 0.25) is 0 Å². The number of halogens is 1. The van der Waals surface area contributed by atoms with Crippen LogP contribution in [-0.2, 0) is 0 Å². The number of rotatable bonds is 3. The number of hydrogen-bond acceptors (Lipinski definition) is 4. The molecule has 1 unspecified atom stereocenters. The zero-order valence-corrected chi connectivity index (χ0v) is 12.8. The molecule has 0 radical (unpaired) electrons. The van der Waals surface area contributed by atoms with Crippen molar-refractivity contribution in [2.75, 3.05) is 7.11 Å². The Bertz CT molecular complexity index is 704. The molecule has 108 valence electrons. The maximum absolute atomic E-state index is 9.91. The largest absolute Gasteiger partial charge is 0.496 e. The second-order valence-corrected chi connectivity index (χ2v) is 5.11. The van der Waals surface area contributed by atoms with Crippen LogP contribution in [0.5, 0.6) is 5.75 Å². The minimum Gasteiger partial charge on any atom is -0.496 e. The summed E-state index contributed by atoms with van der Waals surface area (Å²) in [7, 11) is 1.55. The normalized spacial score (nSPS) is 11.8. The summed E-state index contributed by atoms with van der Waals surface area (Å²) in [5.41, 5.74) is 3.36. The molecule has 0 bridgehead atoms. The standard InChI is InChI=1S/C16H15ClN2O2/c1-9-14(17)6-13(10(2)20)16(21-3)15(9)11-4-5-12(7-18)19-8-11/h4-6,8,10,20H,1-3H3. The van der Waals surface area contributed by atoms with Gasteiger partial charge in [0, 0.05) is 27.9 Å². The van der Waals surface area contributed by atoms with E-state index < -0.39 is 6.10 Å². The average molecular weight is 303 g/mol. The van der Waals surface area contributed by atoms with E-state index in [1.165, 1.54) is 0 Å². The smallest absolute Gasteiger partial charge is 0.140 e. The first-order valence-electron chi connectivity index (χ1n) is 6.41. The molecule has 5 heteroatoms. The number of nitrogens with zero attached hydrogens (tertiary/aromatic N) is 2. The van der Waals surface area contributed by atoms with Gasteiger partial charge in [-0.25, -0.2) is 4.98 Å². The van der Waals surface area contributed by atoms with E-state index in [0.717, 1.165) is 16.7 Å². The van der Waals surface area contributed by atoms with E-state index in [2.05, 4.69) is 4.98 Å². The van der Waals surface area contributed by atoms with Crippen LogP contribution < -0.4 is 4.74 Å². The molecule has 21 heavy (non-hydrogen) atoms. The van der Waals surface area contributed by atoms with Gasteiger partial charge in [0.25, 0.3) is 0 Å². The SMILES string of the molecule is COc1c(C(C)O)cc(Cl)c(C)c1-c1ccc(C#N)nc1. The molecule has 1 N–H and O–H groups in total. The van der Waals surface area contributed by atoms with E-state index in [-0.39, 0.29) is 0 Å². The molecule has 0 saturated carbocycles. The molecule has 0 aliphatic heterocycles. The fourth-order valence-corrected chi connectivity index (χ4v) is 2.44. The van der Waals surface area contributed by atoms with Crippen molar-refractivity contribution in [3.8, 4) is 22.9 Å². The van der Waals surface area contributed by atoms with Gasteiger partial charge in [-0.2, -0.15) is 5.26 Å². The number of benzene rings is 1. The highest BCUT2D eigenvalue weighted by Gasteiger charge is 2.19. The van der Waals surface area contributed by atoms with Crippen LogP contribution in [0.25, 0.3) is 11.1 Å². The predicted octanol–water partition coefficient (Wildman–Crippen LogP) is 3.64. The van der Waals surface area contributed by atoms with Gasteiger partial charge in [0.05, 0.1) is 13.2 Å². The lowest BCUT2D eigenvalue weighted by molar-refractivity contribution is 0.194. The van der Waals surface area contributed by atoms with Crippen LogP contribution in [0.4, 0.5) is 0 Å². The van der Waals surface area contributed by atoms with Crippen molar-refractivity contribution in [2.45, 2.75) is 20.0 Å². The van der Waals surface area contributed by atoms with Crippen LogP contribution in [0.2, 0.25) is 5.02 Å². The van der Waals surface area contributed by atoms with Crippen molar-refractivity contribution in [1.82, 2.24) is 4.98 Å². The maximum Gasteiger partial charge on any atom is 0.140 e. The molecule has 1 aromatic heterocycles. The molecule has 2 aromatic rings. The van der Waals surface area contributed by atoms with Crippen LogP contribution >= 0.6 is 11.6 Å². The van der Waals surface area contributed by atoms with Gasteiger partial charge in [0.15, 0.2) is 0 Å². The summed E-state index contributed by atoms with van der Waals surface area (Å²) >= 11 is 6.26. The Balaban J connectivity index is 2.73. The van der Waals surface area contributed by atoms with Gasteiger partial charge in [-0.05, 0) is 37.6 Å². The second kappa shape index (κ2) is 6.13. The average Bonchev–Trinajstić information content (AvgIpc) is 2.49. The van der Waals surface area contributed by atoms with Gasteiger partial charge >= 0.3 is 0 Å². The molecule has 0 aliphatic rings. The van der Waals surface area contributed by atoms with E-state index in [1.54, 1.807) is 38.4 Å². The Morgan fingerprint density at radius 2 is 2.14 bits per heavy atom. The lowest BCUT2D eigenvalue weighted by atomic mass is 9.95. The molecular weight excluding hydrogens is 288 g/mol. The molecule has 0 amide bonds. The topological polar surface area (TPSA) is 66.1 Å². The molecule has 1 aromatic carbocycles. The monoisotopic (exact) mass is 302 g/mol. The third kappa shape index (κ3) is 2.85. The van der Waals surface area contributed by atoms with Gasteiger partial charge < -0.3 is 9.84 Å². The van der Waals surface area contributed by atoms with E-state index in [9.17, 15) is 5.11 Å². The number of aliphatic hydroxyl groups excluding tert-OH is 1. The van der Waals surface area contributed by atoms with E-state index in [0.29, 0.717) is 22.0 Å². The Kier molecular flexibility index (Phi) is 4.46. The fraction of sp³-hybridized carbons (Fsp3) is 0.250. The number of ether oxygens (including phenoxy) is 1. The van der Waals surface area contributed by atoms with Crippen LogP contribution in [0.1, 0.15) is 29.8 Å². The number of pyridine rings is 1. The lowest BCUT2D eigenvalue weighted by Crippen LogP contribution is -2.01. The second-order valence-electron chi connectivity index (χ2n) is 4.70. The van der Waals surface area contributed by atoms with Gasteiger partial charge in [-0.1, -0.05) is 11.6 Å². The van der Waals surface area contributed by atoms with Crippen molar-refractivity contribution in [1.29, 1.82) is 5.26 Å². The molecule has 2 rings (SSSR count). The van der Waals surface area contributed by atoms with Crippen molar-refractivity contribution < 1.29 is 9.84 Å². The minimum atomic E-state index is -0.705. The molecule has 4 nitrogen and oxygen atoms in total. The summed E-state index contributed by atoms with van der Waals surface area (Å²) in [6, 6.07) is 7.12. The number of nitriles is 1. The minimum absolute atomic E-state index is 0.341. The summed E-state index contributed by atoms with van der Waals surface area (Å²) in [4.78, 5) is 4.07. The van der Waals surface area contributed by atoms with Crippen molar-refractivity contribution >= 4 is 11.6 Å². The molecule has 0 aliphatic carbocycles. The predicted molar refractivity (Wildman–Crippen MR) is 81.3 cm³/mol. The number of methoxy groups -OCH3 is 1. The van der Waals surface area contributed by atoms with Crippen molar-refractivity contribution in [2.24, 2.45) is 0 Å². The summed E-state index contributed by atoms with van der Waals surface area (Å²) < 4.78 is 5.47. The van der Waals surface area contributed by atoms with E-state index >= 15 is 0 Å². The van der Waals surface area contributed by atoms with E-state index in [4.69, 9.17) is 21.6 Å². The first-order chi connectivity index (χ1) is 9.99. The third-order valence-electron chi connectivity index (χ3n) is 3.33. The number of hydrogen-bond donors (Lipinski definition) is 1. The Morgan fingerprint density at radius 3 is 2.62 bits per heavy atom. The molecule has 0 fully saturated rings. The number of aliphatic hydroxyl groups is 1. The molecule has 0 saturated heterocycles. The third-order valence-corrected chi connectivity index (χ3v) is 3.72. The van der Waals surface area contributed by atoms with Crippen molar-refractivity contribution in [3.63, 3.8) is 0 Å². The zero-order valence-electron chi connectivity index (χ0n) is 12.0. The summed E-state index contributed by atoms with van der Waals surface area (Å²) in [5.74, 6) is 0.568. The first-order valence-corrected chi connectivity index (χ1v) is 6.79. The highest BCUT2D eigenvalue weighted by molar-refractivity contribution is 6.32. The van der Waals surface area contributed by atoms with Crippen LogP contribution in [0, 0.1) is 18.3 Å². The highest BCUT2D eigenvalue weighted by Crippen LogP contribution is 2.41. The van der Waals surface area contributed by atoms with Crippen LogP contribution in [0.15, 0.2) is 24.4 Å². The fourth-order valence-electron chi connectivity index (χ4n) is 2.23. The Morgan fingerprint density at radius 1 is 1.43 bits per heavy atom. The number of aromatic nitrogens is 1. The van der Waals surface area contributed by atoms with Crippen molar-refractivity contribution in [3.05, 3.63) is 46.2 Å². The first kappa shape index (κ1) is 15.3. The van der Waals surface area contributed by atoms with E-state index in [1.807, 2.05) is 13.0 Å². The summed E-state index contributed by atoms with van der Waals surface area (Å²) in [6.45, 7) is 3.54. The Hall–Kier alpha value is -2.09.